The molecule has 1 aliphatic rings. The molecule has 17 heavy (non-hydrogen) atoms. The molecule has 3 nitrogen and oxygen atoms in total. The van der Waals surface area contributed by atoms with Gasteiger partial charge in [-0.2, -0.15) is 0 Å². The second-order valence-electron chi connectivity index (χ2n) is 4.07. The number of hydrogen-bond donors (Lipinski definition) is 1. The standard InChI is InChI=1S/C14H14O3/c1-2-10-5-3-4-6-11(10)14(16)12-9-17-8-7-13(12)15/h1,3-6,12,14,16H,7-9H2/t12-,14+/m1/s1. The maximum Gasteiger partial charge on any atom is 0.143 e. The summed E-state index contributed by atoms with van der Waals surface area (Å²) in [6.45, 7) is 0.706. The number of carbonyl (C=O) groups excluding carboxylic acids is 1. The van der Waals surface area contributed by atoms with E-state index in [2.05, 4.69) is 5.92 Å². The molecular formula is C14H14O3. The van der Waals surface area contributed by atoms with Crippen LogP contribution < -0.4 is 0 Å². The highest BCUT2D eigenvalue weighted by molar-refractivity contribution is 5.82. The molecule has 0 amide bonds. The fourth-order valence-corrected chi connectivity index (χ4v) is 2.03. The maximum atomic E-state index is 11.7. The van der Waals surface area contributed by atoms with Gasteiger partial charge < -0.3 is 9.84 Å². The first-order valence-corrected chi connectivity index (χ1v) is 5.58. The van der Waals surface area contributed by atoms with E-state index < -0.39 is 12.0 Å². The lowest BCUT2D eigenvalue weighted by Gasteiger charge is -2.26. The van der Waals surface area contributed by atoms with Crippen LogP contribution >= 0.6 is 0 Å². The minimum absolute atomic E-state index is 0.0376. The van der Waals surface area contributed by atoms with Crippen LogP contribution in [0.25, 0.3) is 0 Å². The van der Waals surface area contributed by atoms with Crippen molar-refractivity contribution in [2.75, 3.05) is 13.2 Å². The molecular weight excluding hydrogens is 216 g/mol. The van der Waals surface area contributed by atoms with E-state index in [4.69, 9.17) is 11.2 Å². The number of rotatable bonds is 2. The van der Waals surface area contributed by atoms with Crippen molar-refractivity contribution in [3.05, 3.63) is 35.4 Å². The third kappa shape index (κ3) is 2.38. The van der Waals surface area contributed by atoms with Gasteiger partial charge in [-0.1, -0.05) is 24.1 Å². The average Bonchev–Trinajstić information content (AvgIpc) is 2.38. The van der Waals surface area contributed by atoms with Crippen LogP contribution in [0, 0.1) is 18.3 Å². The fourth-order valence-electron chi connectivity index (χ4n) is 2.03. The molecule has 0 spiro atoms. The minimum atomic E-state index is -0.880. The van der Waals surface area contributed by atoms with Gasteiger partial charge in [0.15, 0.2) is 0 Å². The zero-order chi connectivity index (χ0) is 12.3. The van der Waals surface area contributed by atoms with Gasteiger partial charge in [-0.05, 0) is 11.6 Å². The maximum absolute atomic E-state index is 11.7. The number of aliphatic hydroxyl groups excluding tert-OH is 1. The van der Waals surface area contributed by atoms with Crippen LogP contribution in [0.3, 0.4) is 0 Å². The summed E-state index contributed by atoms with van der Waals surface area (Å²) in [5.74, 6) is 2.05. The first kappa shape index (κ1) is 11.8. The monoisotopic (exact) mass is 230 g/mol. The molecule has 0 radical (unpaired) electrons. The Bertz CT molecular complexity index is 459. The molecule has 1 aromatic rings. The molecule has 1 aromatic carbocycles. The van der Waals surface area contributed by atoms with Crippen molar-refractivity contribution in [1.29, 1.82) is 0 Å². The average molecular weight is 230 g/mol. The molecule has 1 saturated heterocycles. The van der Waals surface area contributed by atoms with Gasteiger partial charge >= 0.3 is 0 Å². The van der Waals surface area contributed by atoms with E-state index in [1.165, 1.54) is 0 Å². The predicted octanol–water partition coefficient (Wildman–Crippen LogP) is 1.31. The summed E-state index contributed by atoms with van der Waals surface area (Å²) in [5, 5.41) is 10.2. The third-order valence-corrected chi connectivity index (χ3v) is 3.02. The molecule has 1 N–H and O–H groups in total. The summed E-state index contributed by atoms with van der Waals surface area (Å²) < 4.78 is 5.24. The normalized spacial score (nSPS) is 21.9. The van der Waals surface area contributed by atoms with Gasteiger partial charge in [-0.25, -0.2) is 0 Å². The molecule has 0 aliphatic carbocycles. The Morgan fingerprint density at radius 1 is 1.47 bits per heavy atom. The summed E-state index contributed by atoms with van der Waals surface area (Å²) in [6, 6.07) is 7.12. The number of carbonyl (C=O) groups is 1. The van der Waals surface area contributed by atoms with Gasteiger partial charge in [-0.15, -0.1) is 6.42 Å². The Hall–Kier alpha value is -1.63. The number of aliphatic hydroxyl groups is 1. The van der Waals surface area contributed by atoms with Gasteiger partial charge in [0.25, 0.3) is 0 Å². The van der Waals surface area contributed by atoms with Gasteiger partial charge in [0.2, 0.25) is 0 Å². The van der Waals surface area contributed by atoms with Crippen molar-refractivity contribution in [1.82, 2.24) is 0 Å². The summed E-state index contributed by atoms with van der Waals surface area (Å²) in [6.07, 6.45) is 4.86. The first-order chi connectivity index (χ1) is 8.24. The number of ether oxygens (including phenoxy) is 1. The van der Waals surface area contributed by atoms with Crippen LogP contribution in [-0.4, -0.2) is 24.1 Å². The van der Waals surface area contributed by atoms with Crippen molar-refractivity contribution < 1.29 is 14.6 Å². The third-order valence-electron chi connectivity index (χ3n) is 3.02. The van der Waals surface area contributed by atoms with E-state index in [-0.39, 0.29) is 12.4 Å². The molecule has 0 aromatic heterocycles. The lowest BCUT2D eigenvalue weighted by Crippen LogP contribution is -2.32. The number of ketones is 1. The fraction of sp³-hybridized carbons (Fsp3) is 0.357. The molecule has 2 atom stereocenters. The summed E-state index contributed by atoms with van der Waals surface area (Å²) >= 11 is 0. The van der Waals surface area contributed by atoms with Crippen LogP contribution in [0.5, 0.6) is 0 Å². The van der Waals surface area contributed by atoms with Crippen molar-refractivity contribution in [2.24, 2.45) is 5.92 Å². The predicted molar refractivity (Wildman–Crippen MR) is 63.3 cm³/mol. The van der Waals surface area contributed by atoms with E-state index in [0.717, 1.165) is 0 Å². The Balaban J connectivity index is 2.27. The van der Waals surface area contributed by atoms with Crippen LogP contribution in [0.4, 0.5) is 0 Å². The van der Waals surface area contributed by atoms with E-state index in [0.29, 0.717) is 24.2 Å². The number of hydrogen-bond acceptors (Lipinski definition) is 3. The number of Topliss-reactive ketones (excluding diaryl/α,β-unsaturated/α-hetero) is 1. The van der Waals surface area contributed by atoms with Crippen LogP contribution in [0.15, 0.2) is 24.3 Å². The van der Waals surface area contributed by atoms with Crippen LogP contribution in [0.2, 0.25) is 0 Å². The largest absolute Gasteiger partial charge is 0.388 e. The second-order valence-corrected chi connectivity index (χ2v) is 4.07. The highest BCUT2D eigenvalue weighted by atomic mass is 16.5. The van der Waals surface area contributed by atoms with E-state index >= 15 is 0 Å². The van der Waals surface area contributed by atoms with Crippen molar-refractivity contribution in [3.63, 3.8) is 0 Å². The van der Waals surface area contributed by atoms with E-state index in [1.54, 1.807) is 18.2 Å². The lowest BCUT2D eigenvalue weighted by atomic mass is 9.88. The van der Waals surface area contributed by atoms with Gasteiger partial charge in [-0.3, -0.25) is 4.79 Å². The van der Waals surface area contributed by atoms with Crippen LogP contribution in [0.1, 0.15) is 23.7 Å². The van der Waals surface area contributed by atoms with E-state index in [9.17, 15) is 9.90 Å². The van der Waals surface area contributed by atoms with Gasteiger partial charge in [0.1, 0.15) is 5.78 Å². The molecule has 1 fully saturated rings. The molecule has 88 valence electrons. The smallest absolute Gasteiger partial charge is 0.143 e. The van der Waals surface area contributed by atoms with E-state index in [1.807, 2.05) is 6.07 Å². The van der Waals surface area contributed by atoms with Crippen molar-refractivity contribution >= 4 is 5.78 Å². The number of benzene rings is 1. The minimum Gasteiger partial charge on any atom is -0.388 e. The quantitative estimate of drug-likeness (QED) is 0.779. The van der Waals surface area contributed by atoms with Crippen molar-refractivity contribution in [3.8, 4) is 12.3 Å². The summed E-state index contributed by atoms with van der Waals surface area (Å²) in [7, 11) is 0. The van der Waals surface area contributed by atoms with Gasteiger partial charge in [0.05, 0.1) is 25.2 Å². The molecule has 1 aliphatic heterocycles. The zero-order valence-electron chi connectivity index (χ0n) is 9.43. The Morgan fingerprint density at radius 2 is 2.24 bits per heavy atom. The highest BCUT2D eigenvalue weighted by Crippen LogP contribution is 2.28. The molecule has 1 heterocycles. The molecule has 0 bridgehead atoms. The lowest BCUT2D eigenvalue weighted by molar-refractivity contribution is -0.136. The molecule has 2 rings (SSSR count). The summed E-state index contributed by atoms with van der Waals surface area (Å²) in [4.78, 5) is 11.7. The first-order valence-electron chi connectivity index (χ1n) is 5.58. The Morgan fingerprint density at radius 3 is 2.94 bits per heavy atom. The van der Waals surface area contributed by atoms with Crippen molar-refractivity contribution in [2.45, 2.75) is 12.5 Å². The topological polar surface area (TPSA) is 46.5 Å². The molecule has 0 saturated carbocycles. The van der Waals surface area contributed by atoms with Gasteiger partial charge in [0, 0.05) is 12.0 Å². The Labute approximate surface area is 100 Å². The SMILES string of the molecule is C#Cc1ccccc1[C@H](O)[C@@H]1COCCC1=O. The number of terminal acetylenes is 1. The Kier molecular flexibility index (Phi) is 3.58. The molecule has 3 heteroatoms. The second kappa shape index (κ2) is 5.13. The summed E-state index contributed by atoms with van der Waals surface area (Å²) in [5.41, 5.74) is 1.25. The highest BCUT2D eigenvalue weighted by Gasteiger charge is 2.31. The van der Waals surface area contributed by atoms with Crippen LogP contribution in [-0.2, 0) is 9.53 Å². The molecule has 0 unspecified atom stereocenters. The zero-order valence-corrected chi connectivity index (χ0v) is 9.43.